The zero-order chi connectivity index (χ0) is 9.40. The fourth-order valence-corrected chi connectivity index (χ4v) is 0.837. The van der Waals surface area contributed by atoms with Gasteiger partial charge in [-0.3, -0.25) is 0 Å². The molecular formula is C10H17NO. The highest BCUT2D eigenvalue weighted by molar-refractivity contribution is 5.31. The first-order chi connectivity index (χ1) is 5.88. The summed E-state index contributed by atoms with van der Waals surface area (Å²) in [7, 11) is 0. The average Bonchev–Trinajstić information content (AvgIpc) is 2.56. The Labute approximate surface area is 74.6 Å². The summed E-state index contributed by atoms with van der Waals surface area (Å²) in [5, 5.41) is 0. The van der Waals surface area contributed by atoms with Crippen LogP contribution in [0.25, 0.3) is 0 Å². The number of hydroxylamine groups is 1. The second-order valence-corrected chi connectivity index (χ2v) is 2.00. The maximum atomic E-state index is 5.07. The fourth-order valence-electron chi connectivity index (χ4n) is 0.837. The molecule has 0 amide bonds. The Bertz CT molecular complexity index is 192. The van der Waals surface area contributed by atoms with E-state index in [-0.39, 0.29) is 0 Å². The van der Waals surface area contributed by atoms with Crippen molar-refractivity contribution in [1.82, 2.24) is 5.48 Å². The van der Waals surface area contributed by atoms with Crippen LogP contribution in [0.3, 0.4) is 0 Å². The quantitative estimate of drug-likeness (QED) is 0.648. The molecule has 0 spiro atoms. The Morgan fingerprint density at radius 3 is 2.67 bits per heavy atom. The van der Waals surface area contributed by atoms with Crippen molar-refractivity contribution in [2.24, 2.45) is 0 Å². The van der Waals surface area contributed by atoms with Gasteiger partial charge in [-0.25, -0.2) is 0 Å². The zero-order valence-corrected chi connectivity index (χ0v) is 8.05. The van der Waals surface area contributed by atoms with Crippen molar-refractivity contribution in [3.63, 3.8) is 0 Å². The summed E-state index contributed by atoms with van der Waals surface area (Å²) in [6.07, 6.45) is 5.58. The molecule has 1 aliphatic rings. The van der Waals surface area contributed by atoms with Crippen LogP contribution in [0.2, 0.25) is 0 Å². The predicted octanol–water partition coefficient (Wildman–Crippen LogP) is 2.56. The third-order valence-electron chi connectivity index (χ3n) is 1.38. The summed E-state index contributed by atoms with van der Waals surface area (Å²) in [4.78, 5) is 5.07. The van der Waals surface area contributed by atoms with E-state index in [1.54, 1.807) is 6.08 Å². The third kappa shape index (κ3) is 2.93. The van der Waals surface area contributed by atoms with Gasteiger partial charge in [0.15, 0.2) is 5.76 Å². The van der Waals surface area contributed by atoms with Gasteiger partial charge in [0.2, 0.25) is 0 Å². The van der Waals surface area contributed by atoms with Gasteiger partial charge in [0.05, 0.1) is 6.54 Å². The Kier molecular flexibility index (Phi) is 6.11. The zero-order valence-electron chi connectivity index (χ0n) is 8.05. The molecular weight excluding hydrogens is 150 g/mol. The van der Waals surface area contributed by atoms with Gasteiger partial charge >= 0.3 is 0 Å². The molecule has 2 nitrogen and oxygen atoms in total. The van der Waals surface area contributed by atoms with Gasteiger partial charge in [-0.2, -0.15) is 5.48 Å². The summed E-state index contributed by atoms with van der Waals surface area (Å²) >= 11 is 0. The lowest BCUT2D eigenvalue weighted by atomic mass is 10.2. The average molecular weight is 167 g/mol. The van der Waals surface area contributed by atoms with Crippen molar-refractivity contribution in [1.29, 1.82) is 0 Å². The van der Waals surface area contributed by atoms with E-state index in [4.69, 9.17) is 4.84 Å². The molecule has 12 heavy (non-hydrogen) atoms. The van der Waals surface area contributed by atoms with Gasteiger partial charge < -0.3 is 4.84 Å². The molecule has 0 unspecified atom stereocenters. The molecule has 1 N–H and O–H groups in total. The molecule has 2 heteroatoms. The van der Waals surface area contributed by atoms with Crippen LogP contribution in [0.1, 0.15) is 20.8 Å². The largest absolute Gasteiger partial charge is 0.408 e. The summed E-state index contributed by atoms with van der Waals surface area (Å²) in [5.41, 5.74) is 3.95. The van der Waals surface area contributed by atoms with E-state index in [2.05, 4.69) is 12.1 Å². The van der Waals surface area contributed by atoms with Crippen LogP contribution in [0.4, 0.5) is 0 Å². The highest BCUT2D eigenvalue weighted by Crippen LogP contribution is 2.14. The number of hydrogen-bond donors (Lipinski definition) is 1. The second kappa shape index (κ2) is 6.68. The van der Waals surface area contributed by atoms with Crippen LogP contribution < -0.4 is 5.48 Å². The Hall–Kier alpha value is -1.02. The highest BCUT2D eigenvalue weighted by Gasteiger charge is 2.11. The number of hydrogen-bond acceptors (Lipinski definition) is 2. The number of nitrogens with one attached hydrogen (secondary N) is 1. The first-order valence-electron chi connectivity index (χ1n) is 4.26. The van der Waals surface area contributed by atoms with E-state index in [1.807, 2.05) is 32.9 Å². The minimum Gasteiger partial charge on any atom is -0.408 e. The van der Waals surface area contributed by atoms with Gasteiger partial charge in [0, 0.05) is 5.57 Å². The molecule has 1 saturated heterocycles. The lowest BCUT2D eigenvalue weighted by Crippen LogP contribution is -2.02. The van der Waals surface area contributed by atoms with Gasteiger partial charge in [-0.05, 0) is 13.0 Å². The van der Waals surface area contributed by atoms with Crippen LogP contribution >= 0.6 is 0 Å². The van der Waals surface area contributed by atoms with Gasteiger partial charge in [-0.15, -0.1) is 0 Å². The molecule has 0 aromatic rings. The van der Waals surface area contributed by atoms with E-state index in [0.717, 1.165) is 12.3 Å². The van der Waals surface area contributed by atoms with Gasteiger partial charge in [-0.1, -0.05) is 32.6 Å². The first kappa shape index (κ1) is 11.0. The summed E-state index contributed by atoms with van der Waals surface area (Å²) in [6.45, 7) is 10.4. The van der Waals surface area contributed by atoms with Crippen LogP contribution in [-0.4, -0.2) is 6.54 Å². The SMILES string of the molecule is C=C/C=C1/ONC/C1=C/C.CC. The molecule has 0 saturated carbocycles. The standard InChI is InChI=1S/C8H11NO.C2H6/c1-3-5-8-7(4-2)6-9-10-8;1-2/h3-5,9H,1,6H2,2H3;1-2H3/b7-4-,8-5+;. The van der Waals surface area contributed by atoms with Crippen molar-refractivity contribution in [3.8, 4) is 0 Å². The van der Waals surface area contributed by atoms with Crippen LogP contribution in [0.5, 0.6) is 0 Å². The minimum absolute atomic E-state index is 0.788. The molecule has 68 valence electrons. The van der Waals surface area contributed by atoms with Crippen LogP contribution in [-0.2, 0) is 4.84 Å². The lowest BCUT2D eigenvalue weighted by Gasteiger charge is -1.93. The molecule has 1 heterocycles. The molecule has 1 rings (SSSR count). The molecule has 0 aromatic heterocycles. The summed E-state index contributed by atoms with van der Waals surface area (Å²) < 4.78 is 0. The molecule has 0 aromatic carbocycles. The fraction of sp³-hybridized carbons (Fsp3) is 0.400. The maximum Gasteiger partial charge on any atom is 0.151 e. The summed E-state index contributed by atoms with van der Waals surface area (Å²) in [6, 6.07) is 0. The monoisotopic (exact) mass is 167 g/mol. The topological polar surface area (TPSA) is 21.3 Å². The molecule has 1 aliphatic heterocycles. The molecule has 0 bridgehead atoms. The Balaban J connectivity index is 0.000000561. The van der Waals surface area contributed by atoms with E-state index >= 15 is 0 Å². The van der Waals surface area contributed by atoms with Crippen molar-refractivity contribution in [2.75, 3.05) is 6.54 Å². The van der Waals surface area contributed by atoms with Crippen molar-refractivity contribution in [2.45, 2.75) is 20.8 Å². The third-order valence-corrected chi connectivity index (χ3v) is 1.38. The number of rotatable bonds is 1. The van der Waals surface area contributed by atoms with Crippen LogP contribution in [0.15, 0.2) is 36.1 Å². The Morgan fingerprint density at radius 2 is 2.17 bits per heavy atom. The molecule has 1 fully saturated rings. The van der Waals surface area contributed by atoms with E-state index < -0.39 is 0 Å². The van der Waals surface area contributed by atoms with Crippen molar-refractivity contribution >= 4 is 0 Å². The van der Waals surface area contributed by atoms with Gasteiger partial charge in [0.25, 0.3) is 0 Å². The normalized spacial score (nSPS) is 21.6. The van der Waals surface area contributed by atoms with E-state index in [0.29, 0.717) is 0 Å². The smallest absolute Gasteiger partial charge is 0.151 e. The minimum atomic E-state index is 0.788. The molecule has 0 atom stereocenters. The van der Waals surface area contributed by atoms with Gasteiger partial charge in [0.1, 0.15) is 0 Å². The lowest BCUT2D eigenvalue weighted by molar-refractivity contribution is 0.157. The van der Waals surface area contributed by atoms with Crippen molar-refractivity contribution in [3.05, 3.63) is 36.1 Å². The van der Waals surface area contributed by atoms with E-state index in [9.17, 15) is 0 Å². The second-order valence-electron chi connectivity index (χ2n) is 2.00. The summed E-state index contributed by atoms with van der Waals surface area (Å²) in [5.74, 6) is 0.873. The predicted molar refractivity (Wildman–Crippen MR) is 52.5 cm³/mol. The molecule has 0 aliphatic carbocycles. The number of allylic oxidation sites excluding steroid dienone is 3. The van der Waals surface area contributed by atoms with Crippen LogP contribution in [0, 0.1) is 0 Å². The Morgan fingerprint density at radius 1 is 1.50 bits per heavy atom. The molecule has 0 radical (unpaired) electrons. The highest BCUT2D eigenvalue weighted by atomic mass is 16.7. The maximum absolute atomic E-state index is 5.07. The van der Waals surface area contributed by atoms with E-state index in [1.165, 1.54) is 5.57 Å². The first-order valence-corrected chi connectivity index (χ1v) is 4.26. The van der Waals surface area contributed by atoms with Crippen molar-refractivity contribution < 1.29 is 4.84 Å².